The Balaban J connectivity index is 1.64. The van der Waals surface area contributed by atoms with E-state index in [1.165, 1.54) is 5.56 Å². The van der Waals surface area contributed by atoms with Crippen LogP contribution in [0.25, 0.3) is 0 Å². The number of aromatic nitrogens is 1. The number of para-hydroxylation sites is 1. The summed E-state index contributed by atoms with van der Waals surface area (Å²) in [5, 5.41) is 6.33. The van der Waals surface area contributed by atoms with Crippen LogP contribution < -0.4 is 10.6 Å². The fraction of sp³-hybridized carbons (Fsp3) is 0.182. The number of hydrogen-bond donors (Lipinski definition) is 2. The van der Waals surface area contributed by atoms with Gasteiger partial charge in [0.15, 0.2) is 0 Å². The van der Waals surface area contributed by atoms with E-state index in [0.29, 0.717) is 12.2 Å². The van der Waals surface area contributed by atoms with Crippen LogP contribution in [0.5, 0.6) is 0 Å². The van der Waals surface area contributed by atoms with Crippen LogP contribution in [0.3, 0.4) is 0 Å². The number of pyridine rings is 1. The van der Waals surface area contributed by atoms with Crippen LogP contribution in [-0.2, 0) is 6.42 Å². The molecule has 3 rings (SSSR count). The number of aryl methyl sites for hydroxylation is 2. The summed E-state index contributed by atoms with van der Waals surface area (Å²) < 4.78 is 0. The first-order chi connectivity index (χ1) is 12.6. The number of amides is 1. The monoisotopic (exact) mass is 345 g/mol. The molecule has 0 bridgehead atoms. The summed E-state index contributed by atoms with van der Waals surface area (Å²) in [4.78, 5) is 16.6. The van der Waals surface area contributed by atoms with E-state index in [9.17, 15) is 4.79 Å². The number of nitrogens with one attached hydrogen (secondary N) is 2. The zero-order valence-corrected chi connectivity index (χ0v) is 15.1. The van der Waals surface area contributed by atoms with Gasteiger partial charge in [0, 0.05) is 24.1 Å². The highest BCUT2D eigenvalue weighted by molar-refractivity contribution is 5.93. The van der Waals surface area contributed by atoms with E-state index < -0.39 is 0 Å². The largest absolute Gasteiger partial charge is 0.355 e. The minimum Gasteiger partial charge on any atom is -0.355 e. The summed E-state index contributed by atoms with van der Waals surface area (Å²) in [6.45, 7) is 4.71. The minimum absolute atomic E-state index is 0.161. The Hall–Kier alpha value is -3.14. The minimum atomic E-state index is -0.161. The van der Waals surface area contributed by atoms with Crippen LogP contribution in [0.1, 0.15) is 27.2 Å². The molecule has 0 aliphatic carbocycles. The topological polar surface area (TPSA) is 54.0 Å². The van der Waals surface area contributed by atoms with Crippen molar-refractivity contribution in [3.8, 4) is 0 Å². The Bertz CT molecular complexity index is 871. The summed E-state index contributed by atoms with van der Waals surface area (Å²) in [6.07, 6.45) is 2.45. The van der Waals surface area contributed by atoms with Gasteiger partial charge in [-0.3, -0.25) is 9.78 Å². The van der Waals surface area contributed by atoms with Gasteiger partial charge in [0.1, 0.15) is 5.69 Å². The first-order valence-electron chi connectivity index (χ1n) is 8.75. The van der Waals surface area contributed by atoms with Crippen molar-refractivity contribution in [2.45, 2.75) is 20.3 Å². The molecule has 0 aliphatic heterocycles. The predicted molar refractivity (Wildman–Crippen MR) is 106 cm³/mol. The molecule has 2 N–H and O–H groups in total. The number of benzene rings is 2. The third-order valence-electron chi connectivity index (χ3n) is 4.29. The highest BCUT2D eigenvalue weighted by Gasteiger charge is 2.09. The van der Waals surface area contributed by atoms with Gasteiger partial charge in [0.25, 0.3) is 5.91 Å². The van der Waals surface area contributed by atoms with Crippen molar-refractivity contribution >= 4 is 17.3 Å². The molecule has 0 spiro atoms. The van der Waals surface area contributed by atoms with Crippen LogP contribution >= 0.6 is 0 Å². The fourth-order valence-corrected chi connectivity index (χ4v) is 2.84. The molecule has 3 aromatic rings. The van der Waals surface area contributed by atoms with E-state index >= 15 is 0 Å². The molecule has 0 saturated carbocycles. The van der Waals surface area contributed by atoms with Gasteiger partial charge < -0.3 is 10.6 Å². The number of hydrogen-bond acceptors (Lipinski definition) is 3. The lowest BCUT2D eigenvalue weighted by Gasteiger charge is -2.13. The maximum atomic E-state index is 12.4. The molecule has 1 heterocycles. The second kappa shape index (κ2) is 8.30. The number of carbonyl (C=O) groups is 1. The van der Waals surface area contributed by atoms with Crippen LogP contribution in [0, 0.1) is 13.8 Å². The van der Waals surface area contributed by atoms with Crippen LogP contribution in [0.15, 0.2) is 66.9 Å². The number of nitrogens with zero attached hydrogens (tertiary/aromatic N) is 1. The van der Waals surface area contributed by atoms with Crippen molar-refractivity contribution < 1.29 is 4.79 Å². The van der Waals surface area contributed by atoms with Crippen molar-refractivity contribution in [3.05, 3.63) is 89.2 Å². The molecule has 26 heavy (non-hydrogen) atoms. The molecule has 0 unspecified atom stereocenters. The van der Waals surface area contributed by atoms with Gasteiger partial charge in [-0.05, 0) is 49.1 Å². The van der Waals surface area contributed by atoms with Gasteiger partial charge in [-0.25, -0.2) is 0 Å². The second-order valence-electron chi connectivity index (χ2n) is 6.31. The molecular weight excluding hydrogens is 322 g/mol. The van der Waals surface area contributed by atoms with Gasteiger partial charge in [-0.2, -0.15) is 0 Å². The molecule has 4 heteroatoms. The number of anilines is 2. The predicted octanol–water partition coefficient (Wildman–Crippen LogP) is 4.41. The summed E-state index contributed by atoms with van der Waals surface area (Å²) in [5.41, 5.74) is 5.85. The van der Waals surface area contributed by atoms with Crippen molar-refractivity contribution in [1.82, 2.24) is 10.3 Å². The van der Waals surface area contributed by atoms with Gasteiger partial charge in [0.05, 0.1) is 0 Å². The average molecular weight is 345 g/mol. The van der Waals surface area contributed by atoms with Crippen molar-refractivity contribution in [2.24, 2.45) is 0 Å². The Morgan fingerprint density at radius 1 is 0.962 bits per heavy atom. The molecule has 1 aromatic heterocycles. The zero-order chi connectivity index (χ0) is 18.4. The van der Waals surface area contributed by atoms with E-state index in [1.807, 2.05) is 30.3 Å². The lowest BCUT2D eigenvalue weighted by atomic mass is 10.1. The quantitative estimate of drug-likeness (QED) is 0.695. The van der Waals surface area contributed by atoms with Crippen molar-refractivity contribution in [3.63, 3.8) is 0 Å². The third-order valence-corrected chi connectivity index (χ3v) is 4.29. The van der Waals surface area contributed by atoms with Crippen molar-refractivity contribution in [2.75, 3.05) is 11.9 Å². The van der Waals surface area contributed by atoms with E-state index in [-0.39, 0.29) is 5.91 Å². The zero-order valence-electron chi connectivity index (χ0n) is 15.1. The molecule has 0 radical (unpaired) electrons. The van der Waals surface area contributed by atoms with Gasteiger partial charge in [0.2, 0.25) is 0 Å². The van der Waals surface area contributed by atoms with E-state index in [1.54, 1.807) is 12.3 Å². The molecule has 0 aliphatic rings. The van der Waals surface area contributed by atoms with Crippen LogP contribution in [-0.4, -0.2) is 17.4 Å². The SMILES string of the molecule is Cc1cccc(C)c1Nc1ccnc(C(=O)NCCc2ccccc2)c1. The Morgan fingerprint density at radius 3 is 2.42 bits per heavy atom. The highest BCUT2D eigenvalue weighted by atomic mass is 16.1. The van der Waals surface area contributed by atoms with Gasteiger partial charge in [-0.1, -0.05) is 48.5 Å². The molecule has 0 atom stereocenters. The molecule has 4 nitrogen and oxygen atoms in total. The summed E-state index contributed by atoms with van der Waals surface area (Å²) in [6, 6.07) is 19.9. The Labute approximate surface area is 154 Å². The molecule has 2 aromatic carbocycles. The Morgan fingerprint density at radius 2 is 1.69 bits per heavy atom. The van der Waals surface area contributed by atoms with E-state index in [2.05, 4.69) is 53.7 Å². The number of carbonyl (C=O) groups excluding carboxylic acids is 1. The maximum absolute atomic E-state index is 12.4. The molecule has 0 saturated heterocycles. The first kappa shape index (κ1) is 17.7. The van der Waals surface area contributed by atoms with Gasteiger partial charge >= 0.3 is 0 Å². The van der Waals surface area contributed by atoms with E-state index in [4.69, 9.17) is 0 Å². The first-order valence-corrected chi connectivity index (χ1v) is 8.75. The smallest absolute Gasteiger partial charge is 0.269 e. The van der Waals surface area contributed by atoms with Crippen LogP contribution in [0.4, 0.5) is 11.4 Å². The molecular formula is C22H23N3O. The lowest BCUT2D eigenvalue weighted by molar-refractivity contribution is 0.0949. The van der Waals surface area contributed by atoms with Crippen molar-refractivity contribution in [1.29, 1.82) is 0 Å². The number of rotatable bonds is 6. The lowest BCUT2D eigenvalue weighted by Crippen LogP contribution is -2.26. The molecule has 1 amide bonds. The van der Waals surface area contributed by atoms with Gasteiger partial charge in [-0.15, -0.1) is 0 Å². The maximum Gasteiger partial charge on any atom is 0.269 e. The fourth-order valence-electron chi connectivity index (χ4n) is 2.84. The average Bonchev–Trinajstić information content (AvgIpc) is 2.66. The van der Waals surface area contributed by atoms with E-state index in [0.717, 1.165) is 28.9 Å². The highest BCUT2D eigenvalue weighted by Crippen LogP contribution is 2.24. The summed E-state index contributed by atoms with van der Waals surface area (Å²) >= 11 is 0. The molecule has 132 valence electrons. The summed E-state index contributed by atoms with van der Waals surface area (Å²) in [7, 11) is 0. The standard InChI is InChI=1S/C22H23N3O/c1-16-7-6-8-17(2)21(16)25-19-12-14-23-20(15-19)22(26)24-13-11-18-9-4-3-5-10-18/h3-10,12,14-15H,11,13H2,1-2H3,(H,23,25)(H,24,26). The third kappa shape index (κ3) is 4.48. The molecule has 0 fully saturated rings. The second-order valence-corrected chi connectivity index (χ2v) is 6.31. The van der Waals surface area contributed by atoms with Crippen LogP contribution in [0.2, 0.25) is 0 Å². The normalized spacial score (nSPS) is 10.4. The Kier molecular flexibility index (Phi) is 5.64. The summed E-state index contributed by atoms with van der Waals surface area (Å²) in [5.74, 6) is -0.161.